The summed E-state index contributed by atoms with van der Waals surface area (Å²) in [4.78, 5) is 14.4. The summed E-state index contributed by atoms with van der Waals surface area (Å²) in [6.45, 7) is 6.41. The number of anilines is 1. The zero-order valence-corrected chi connectivity index (χ0v) is 14.1. The summed E-state index contributed by atoms with van der Waals surface area (Å²) in [5.74, 6) is -0.448. The predicted octanol–water partition coefficient (Wildman–Crippen LogP) is 4.03. The van der Waals surface area contributed by atoms with Gasteiger partial charge >= 0.3 is 6.03 Å². The molecule has 0 bridgehead atoms. The van der Waals surface area contributed by atoms with Gasteiger partial charge in [-0.1, -0.05) is 56.3 Å². The van der Waals surface area contributed by atoms with Crippen LogP contribution in [0, 0.1) is 5.82 Å². The molecule has 0 saturated carbocycles. The van der Waals surface area contributed by atoms with E-state index in [2.05, 4.69) is 41.5 Å². The van der Waals surface area contributed by atoms with Gasteiger partial charge in [-0.2, -0.15) is 0 Å². The van der Waals surface area contributed by atoms with Gasteiger partial charge in [0, 0.05) is 6.54 Å². The maximum Gasteiger partial charge on any atom is 0.319 e. The molecule has 5 heteroatoms. The first-order valence-corrected chi connectivity index (χ1v) is 8.24. The van der Waals surface area contributed by atoms with Crippen molar-refractivity contribution in [3.8, 4) is 0 Å². The lowest BCUT2D eigenvalue weighted by atomic mass is 10.1. The number of nitrogens with one attached hydrogen (secondary N) is 2. The van der Waals surface area contributed by atoms with Crippen LogP contribution in [0.2, 0.25) is 0 Å². The van der Waals surface area contributed by atoms with Crippen LogP contribution in [0.15, 0.2) is 54.6 Å². The number of rotatable bonds is 7. The Morgan fingerprint density at radius 1 is 1.04 bits per heavy atom. The molecule has 0 heterocycles. The summed E-state index contributed by atoms with van der Waals surface area (Å²) >= 11 is 0. The predicted molar refractivity (Wildman–Crippen MR) is 95.5 cm³/mol. The molecule has 0 saturated heterocycles. The van der Waals surface area contributed by atoms with Gasteiger partial charge in [-0.25, -0.2) is 9.18 Å². The van der Waals surface area contributed by atoms with Gasteiger partial charge in [0.2, 0.25) is 0 Å². The van der Waals surface area contributed by atoms with Crippen molar-refractivity contribution in [1.29, 1.82) is 0 Å². The third-order valence-corrected chi connectivity index (χ3v) is 4.02. The SMILES string of the molecule is CCN(CC)C(CNC(=O)Nc1ccccc1F)c1ccccc1. The fraction of sp³-hybridized carbons (Fsp3) is 0.316. The van der Waals surface area contributed by atoms with E-state index in [0.29, 0.717) is 6.54 Å². The van der Waals surface area contributed by atoms with Crippen LogP contribution in [0.5, 0.6) is 0 Å². The first-order valence-electron chi connectivity index (χ1n) is 8.24. The van der Waals surface area contributed by atoms with Crippen LogP contribution in [0.4, 0.5) is 14.9 Å². The number of carbonyl (C=O) groups is 1. The summed E-state index contributed by atoms with van der Waals surface area (Å²) in [5, 5.41) is 5.40. The highest BCUT2D eigenvalue weighted by Crippen LogP contribution is 2.19. The summed E-state index contributed by atoms with van der Waals surface area (Å²) in [7, 11) is 0. The number of hydrogen-bond donors (Lipinski definition) is 2. The Balaban J connectivity index is 2.02. The van der Waals surface area contributed by atoms with E-state index in [4.69, 9.17) is 0 Å². The van der Waals surface area contributed by atoms with Crippen molar-refractivity contribution in [3.63, 3.8) is 0 Å². The minimum Gasteiger partial charge on any atom is -0.336 e. The number of hydrogen-bond acceptors (Lipinski definition) is 2. The van der Waals surface area contributed by atoms with E-state index in [9.17, 15) is 9.18 Å². The quantitative estimate of drug-likeness (QED) is 0.805. The van der Waals surface area contributed by atoms with Gasteiger partial charge in [-0.15, -0.1) is 0 Å². The van der Waals surface area contributed by atoms with Crippen LogP contribution in [0.1, 0.15) is 25.5 Å². The molecular weight excluding hydrogens is 305 g/mol. The maximum atomic E-state index is 13.6. The van der Waals surface area contributed by atoms with Crippen LogP contribution < -0.4 is 10.6 Å². The van der Waals surface area contributed by atoms with Gasteiger partial charge in [0.25, 0.3) is 0 Å². The van der Waals surface area contributed by atoms with Crippen molar-refractivity contribution in [3.05, 3.63) is 66.0 Å². The number of amides is 2. The third-order valence-electron chi connectivity index (χ3n) is 4.02. The molecule has 2 amide bonds. The number of para-hydroxylation sites is 1. The molecule has 24 heavy (non-hydrogen) atoms. The van der Waals surface area contributed by atoms with Gasteiger partial charge in [-0.3, -0.25) is 4.90 Å². The Bertz CT molecular complexity index is 644. The fourth-order valence-corrected chi connectivity index (χ4v) is 2.72. The molecule has 4 nitrogen and oxygen atoms in total. The molecule has 2 aromatic rings. The zero-order chi connectivity index (χ0) is 17.4. The van der Waals surface area contributed by atoms with Crippen molar-refractivity contribution in [2.45, 2.75) is 19.9 Å². The Morgan fingerprint density at radius 2 is 1.67 bits per heavy atom. The number of likely N-dealkylation sites (N-methyl/N-ethyl adjacent to an activating group) is 1. The molecule has 0 aliphatic rings. The van der Waals surface area contributed by atoms with Crippen LogP contribution in [-0.2, 0) is 0 Å². The molecule has 2 rings (SSSR count). The molecular formula is C19H24FN3O. The van der Waals surface area contributed by atoms with E-state index >= 15 is 0 Å². The highest BCUT2D eigenvalue weighted by molar-refractivity contribution is 5.89. The van der Waals surface area contributed by atoms with Crippen molar-refractivity contribution >= 4 is 11.7 Å². The summed E-state index contributed by atoms with van der Waals surface area (Å²) in [6, 6.07) is 15.9. The average Bonchev–Trinajstić information content (AvgIpc) is 2.61. The first-order chi connectivity index (χ1) is 11.7. The molecule has 2 aromatic carbocycles. The van der Waals surface area contributed by atoms with E-state index in [0.717, 1.165) is 18.7 Å². The number of nitrogens with zero attached hydrogens (tertiary/aromatic N) is 1. The molecule has 2 N–H and O–H groups in total. The van der Waals surface area contributed by atoms with E-state index in [-0.39, 0.29) is 11.7 Å². The summed E-state index contributed by atoms with van der Waals surface area (Å²) in [5.41, 5.74) is 1.32. The van der Waals surface area contributed by atoms with Gasteiger partial charge in [0.15, 0.2) is 0 Å². The number of halogens is 1. The molecule has 0 fully saturated rings. The standard InChI is InChI=1S/C19H24FN3O/c1-3-23(4-2)18(15-10-6-5-7-11-15)14-21-19(24)22-17-13-9-8-12-16(17)20/h5-13,18H,3-4,14H2,1-2H3,(H2,21,22,24). The second-order valence-electron chi connectivity index (χ2n) is 5.46. The molecule has 0 aliphatic heterocycles. The Morgan fingerprint density at radius 3 is 2.29 bits per heavy atom. The smallest absolute Gasteiger partial charge is 0.319 e. The van der Waals surface area contributed by atoms with Crippen LogP contribution >= 0.6 is 0 Å². The monoisotopic (exact) mass is 329 g/mol. The third kappa shape index (κ3) is 4.80. The molecule has 128 valence electrons. The Hall–Kier alpha value is -2.40. The Labute approximate surface area is 142 Å². The molecule has 0 radical (unpaired) electrons. The van der Waals surface area contributed by atoms with Gasteiger partial charge in [-0.05, 0) is 30.8 Å². The summed E-state index contributed by atoms with van der Waals surface area (Å²) < 4.78 is 13.6. The van der Waals surface area contributed by atoms with Crippen molar-refractivity contribution < 1.29 is 9.18 Å². The average molecular weight is 329 g/mol. The molecule has 0 aliphatic carbocycles. The minimum absolute atomic E-state index is 0.0765. The van der Waals surface area contributed by atoms with E-state index in [1.54, 1.807) is 12.1 Å². The van der Waals surface area contributed by atoms with Crippen LogP contribution in [-0.4, -0.2) is 30.6 Å². The second-order valence-corrected chi connectivity index (χ2v) is 5.46. The molecule has 1 unspecified atom stereocenters. The topological polar surface area (TPSA) is 44.4 Å². The highest BCUT2D eigenvalue weighted by Gasteiger charge is 2.18. The maximum absolute atomic E-state index is 13.6. The van der Waals surface area contributed by atoms with Gasteiger partial charge in [0.05, 0.1) is 11.7 Å². The second kappa shape index (κ2) is 9.03. The lowest BCUT2D eigenvalue weighted by Gasteiger charge is -2.30. The largest absolute Gasteiger partial charge is 0.336 e. The summed E-state index contributed by atoms with van der Waals surface area (Å²) in [6.07, 6.45) is 0. The van der Waals surface area contributed by atoms with Crippen molar-refractivity contribution in [2.24, 2.45) is 0 Å². The minimum atomic E-state index is -0.448. The highest BCUT2D eigenvalue weighted by atomic mass is 19.1. The molecule has 0 aromatic heterocycles. The first kappa shape index (κ1) is 17.9. The zero-order valence-electron chi connectivity index (χ0n) is 14.1. The lowest BCUT2D eigenvalue weighted by Crippen LogP contribution is -2.39. The van der Waals surface area contributed by atoms with Gasteiger partial charge < -0.3 is 10.6 Å². The lowest BCUT2D eigenvalue weighted by molar-refractivity contribution is 0.210. The Kier molecular flexibility index (Phi) is 6.75. The van der Waals surface area contributed by atoms with Gasteiger partial charge in [0.1, 0.15) is 5.82 Å². The molecule has 1 atom stereocenters. The molecule has 0 spiro atoms. The number of benzene rings is 2. The normalized spacial score (nSPS) is 12.0. The van der Waals surface area contributed by atoms with Crippen molar-refractivity contribution in [2.75, 3.05) is 25.0 Å². The fourth-order valence-electron chi connectivity index (χ4n) is 2.72. The van der Waals surface area contributed by atoms with Crippen LogP contribution in [0.3, 0.4) is 0 Å². The van der Waals surface area contributed by atoms with Crippen LogP contribution in [0.25, 0.3) is 0 Å². The number of carbonyl (C=O) groups excluding carboxylic acids is 1. The number of urea groups is 1. The van der Waals surface area contributed by atoms with Crippen molar-refractivity contribution in [1.82, 2.24) is 10.2 Å². The van der Waals surface area contributed by atoms with E-state index < -0.39 is 11.8 Å². The van der Waals surface area contributed by atoms with E-state index in [1.807, 2.05) is 18.2 Å². The van der Waals surface area contributed by atoms with E-state index in [1.165, 1.54) is 12.1 Å².